The number of benzene rings is 3. The Bertz CT molecular complexity index is 1010. The molecule has 0 aromatic heterocycles. The first-order valence-corrected chi connectivity index (χ1v) is 9.42. The minimum absolute atomic E-state index is 0.0354. The van der Waals surface area contributed by atoms with Crippen molar-refractivity contribution in [3.63, 3.8) is 0 Å². The molecule has 26 heavy (non-hydrogen) atoms. The third-order valence-electron chi connectivity index (χ3n) is 5.19. The number of ketones is 1. The normalized spacial score (nSPS) is 15.8. The number of carbonyl (C=O) groups excluding carboxylic acids is 1. The lowest BCUT2D eigenvalue weighted by Crippen LogP contribution is -2.08. The fourth-order valence-corrected chi connectivity index (χ4v) is 3.97. The number of aliphatic imine (C=N–C) groups is 1. The number of hydrogen-bond acceptors (Lipinski definition) is 2. The maximum Gasteiger partial charge on any atom is 0.212 e. The average Bonchev–Trinajstić information content (AvgIpc) is 2.92. The summed E-state index contributed by atoms with van der Waals surface area (Å²) in [6.07, 6.45) is 3.38. The van der Waals surface area contributed by atoms with Crippen LogP contribution in [0, 0.1) is 5.92 Å². The predicted molar refractivity (Wildman–Crippen MR) is 109 cm³/mol. The summed E-state index contributed by atoms with van der Waals surface area (Å²) in [5, 5.41) is 2.14. The Labute approximate surface area is 154 Å². The molecule has 1 aliphatic carbocycles. The Morgan fingerprint density at radius 3 is 2.42 bits per heavy atom. The molecule has 130 valence electrons. The van der Waals surface area contributed by atoms with Crippen LogP contribution in [-0.2, 0) is 6.42 Å². The van der Waals surface area contributed by atoms with Crippen molar-refractivity contribution in [2.24, 2.45) is 10.9 Å². The highest BCUT2D eigenvalue weighted by Crippen LogP contribution is 2.33. The highest BCUT2D eigenvalue weighted by molar-refractivity contribution is 6.59. The van der Waals surface area contributed by atoms with E-state index in [1.807, 2.05) is 36.4 Å². The fourth-order valence-electron chi connectivity index (χ4n) is 3.97. The van der Waals surface area contributed by atoms with Crippen LogP contribution in [0.4, 0.5) is 5.69 Å². The molecular formula is C24H23NO. The van der Waals surface area contributed by atoms with Crippen LogP contribution >= 0.6 is 0 Å². The molecule has 2 nitrogen and oxygen atoms in total. The minimum atomic E-state index is 0.0354. The molecule has 0 fully saturated rings. The van der Waals surface area contributed by atoms with E-state index in [4.69, 9.17) is 4.99 Å². The summed E-state index contributed by atoms with van der Waals surface area (Å²) in [4.78, 5) is 17.8. The van der Waals surface area contributed by atoms with E-state index in [9.17, 15) is 4.79 Å². The lowest BCUT2D eigenvalue weighted by Gasteiger charge is -2.12. The number of Topliss-reactive ketones (excluding diaryl/α,β-unsaturated/α-hetero) is 1. The molecule has 1 aliphatic rings. The van der Waals surface area contributed by atoms with E-state index in [0.717, 1.165) is 34.0 Å². The van der Waals surface area contributed by atoms with Gasteiger partial charge in [0.15, 0.2) is 0 Å². The van der Waals surface area contributed by atoms with Gasteiger partial charge in [0.25, 0.3) is 0 Å². The predicted octanol–water partition coefficient (Wildman–Crippen LogP) is 6.14. The second kappa shape index (κ2) is 6.87. The van der Waals surface area contributed by atoms with Gasteiger partial charge in [0, 0.05) is 16.5 Å². The highest BCUT2D eigenvalue weighted by Gasteiger charge is 2.28. The van der Waals surface area contributed by atoms with Crippen LogP contribution in [0.2, 0.25) is 0 Å². The van der Waals surface area contributed by atoms with Crippen molar-refractivity contribution in [3.05, 3.63) is 77.4 Å². The first kappa shape index (κ1) is 16.7. The number of rotatable bonds is 5. The molecule has 0 N–H and O–H groups in total. The van der Waals surface area contributed by atoms with Gasteiger partial charge >= 0.3 is 0 Å². The molecule has 0 saturated heterocycles. The van der Waals surface area contributed by atoms with E-state index in [1.165, 1.54) is 18.4 Å². The van der Waals surface area contributed by atoms with E-state index in [-0.39, 0.29) is 5.78 Å². The standard InChI is InChI=1S/C24H23NO/c1-3-8-16(2)15-18-9-4-5-14-21(18)25-23-19-12-6-10-17-11-7-13-20(22(17)19)24(23)26/h4-7,9-14,16H,3,8,15H2,1-2H3. The van der Waals surface area contributed by atoms with Crippen LogP contribution in [0.25, 0.3) is 10.8 Å². The SMILES string of the molecule is CCCC(C)Cc1ccccc1N=C1C(=O)c2cccc3cccc1c23. The van der Waals surface area contributed by atoms with Gasteiger partial charge in [0.2, 0.25) is 5.78 Å². The Hall–Kier alpha value is -2.74. The molecule has 0 radical (unpaired) electrons. The lowest BCUT2D eigenvalue weighted by atomic mass is 9.96. The zero-order valence-electron chi connectivity index (χ0n) is 15.3. The fraction of sp³-hybridized carbons (Fsp3) is 0.250. The second-order valence-electron chi connectivity index (χ2n) is 7.23. The van der Waals surface area contributed by atoms with Crippen molar-refractivity contribution in [1.82, 2.24) is 0 Å². The first-order chi connectivity index (χ1) is 12.7. The summed E-state index contributed by atoms with van der Waals surface area (Å²) in [6, 6.07) is 20.2. The van der Waals surface area contributed by atoms with Gasteiger partial charge in [0.1, 0.15) is 5.71 Å². The maximum atomic E-state index is 13.0. The van der Waals surface area contributed by atoms with E-state index in [1.54, 1.807) is 0 Å². The van der Waals surface area contributed by atoms with Gasteiger partial charge < -0.3 is 0 Å². The summed E-state index contributed by atoms with van der Waals surface area (Å²) in [7, 11) is 0. The molecule has 2 heteroatoms. The van der Waals surface area contributed by atoms with Gasteiger partial charge in [-0.05, 0) is 29.4 Å². The van der Waals surface area contributed by atoms with Crippen LogP contribution < -0.4 is 0 Å². The number of carbonyl (C=O) groups is 1. The molecule has 3 aromatic rings. The Morgan fingerprint density at radius 1 is 0.923 bits per heavy atom. The van der Waals surface area contributed by atoms with Crippen molar-refractivity contribution in [2.45, 2.75) is 33.1 Å². The number of para-hydroxylation sites is 1. The molecule has 1 atom stereocenters. The summed E-state index contributed by atoms with van der Waals surface area (Å²) < 4.78 is 0. The van der Waals surface area contributed by atoms with Gasteiger partial charge in [-0.15, -0.1) is 0 Å². The van der Waals surface area contributed by atoms with Gasteiger partial charge in [-0.1, -0.05) is 81.3 Å². The average molecular weight is 341 g/mol. The molecule has 0 heterocycles. The molecule has 1 unspecified atom stereocenters. The van der Waals surface area contributed by atoms with Gasteiger partial charge in [-0.25, -0.2) is 4.99 Å². The van der Waals surface area contributed by atoms with Crippen molar-refractivity contribution in [2.75, 3.05) is 0 Å². The van der Waals surface area contributed by atoms with Crippen LogP contribution in [0.1, 0.15) is 48.2 Å². The summed E-state index contributed by atoms with van der Waals surface area (Å²) >= 11 is 0. The summed E-state index contributed by atoms with van der Waals surface area (Å²) in [5.74, 6) is 0.648. The van der Waals surface area contributed by atoms with Crippen LogP contribution in [0.5, 0.6) is 0 Å². The topological polar surface area (TPSA) is 29.4 Å². The highest BCUT2D eigenvalue weighted by atomic mass is 16.1. The van der Waals surface area contributed by atoms with Gasteiger partial charge in [-0.3, -0.25) is 4.79 Å². The summed E-state index contributed by atoms with van der Waals surface area (Å²) in [5.41, 5.74) is 4.45. The van der Waals surface area contributed by atoms with Crippen LogP contribution in [-0.4, -0.2) is 11.5 Å². The molecule has 0 saturated carbocycles. The molecule has 0 aliphatic heterocycles. The quantitative estimate of drug-likeness (QED) is 0.548. The smallest absolute Gasteiger partial charge is 0.212 e. The minimum Gasteiger partial charge on any atom is -0.287 e. The maximum absolute atomic E-state index is 13.0. The molecule has 0 bridgehead atoms. The molecule has 0 amide bonds. The second-order valence-corrected chi connectivity index (χ2v) is 7.23. The van der Waals surface area contributed by atoms with E-state index < -0.39 is 0 Å². The van der Waals surface area contributed by atoms with Crippen LogP contribution in [0.15, 0.2) is 65.7 Å². The number of nitrogens with zero attached hydrogens (tertiary/aromatic N) is 1. The lowest BCUT2D eigenvalue weighted by molar-refractivity contribution is 0.107. The zero-order chi connectivity index (χ0) is 18.1. The Balaban J connectivity index is 1.79. The molecular weight excluding hydrogens is 318 g/mol. The third-order valence-corrected chi connectivity index (χ3v) is 5.19. The van der Waals surface area contributed by atoms with Crippen molar-refractivity contribution in [1.29, 1.82) is 0 Å². The molecule has 3 aromatic carbocycles. The Kier molecular flexibility index (Phi) is 4.42. The first-order valence-electron chi connectivity index (χ1n) is 9.42. The van der Waals surface area contributed by atoms with Gasteiger partial charge in [-0.2, -0.15) is 0 Å². The molecule has 0 spiro atoms. The van der Waals surface area contributed by atoms with E-state index in [0.29, 0.717) is 11.6 Å². The molecule has 4 rings (SSSR count). The van der Waals surface area contributed by atoms with Crippen molar-refractivity contribution < 1.29 is 4.79 Å². The monoisotopic (exact) mass is 341 g/mol. The third kappa shape index (κ3) is 2.86. The number of hydrogen-bond donors (Lipinski definition) is 0. The van der Waals surface area contributed by atoms with Crippen LogP contribution in [0.3, 0.4) is 0 Å². The zero-order valence-corrected chi connectivity index (χ0v) is 15.3. The summed E-state index contributed by atoms with van der Waals surface area (Å²) in [6.45, 7) is 4.50. The van der Waals surface area contributed by atoms with Gasteiger partial charge in [0.05, 0.1) is 5.69 Å². The van der Waals surface area contributed by atoms with E-state index >= 15 is 0 Å². The van der Waals surface area contributed by atoms with E-state index in [2.05, 4.69) is 38.1 Å². The largest absolute Gasteiger partial charge is 0.287 e. The van der Waals surface area contributed by atoms with Crippen molar-refractivity contribution >= 4 is 28.0 Å². The Morgan fingerprint density at radius 2 is 1.65 bits per heavy atom. The van der Waals surface area contributed by atoms with Crippen molar-refractivity contribution in [3.8, 4) is 0 Å².